The minimum atomic E-state index is -4.35. The summed E-state index contributed by atoms with van der Waals surface area (Å²) < 4.78 is 33.3. The molecule has 0 aromatic rings. The van der Waals surface area contributed by atoms with E-state index >= 15 is 0 Å². The van der Waals surface area contributed by atoms with Crippen molar-refractivity contribution in [1.82, 2.24) is 5.32 Å². The molecule has 0 heterocycles. The summed E-state index contributed by atoms with van der Waals surface area (Å²) in [6, 6.07) is 0. The van der Waals surface area contributed by atoms with Crippen molar-refractivity contribution in [3.63, 3.8) is 0 Å². The molecule has 60 heavy (non-hydrogen) atoms. The third-order valence-corrected chi connectivity index (χ3v) is 12.4. The average Bonchev–Trinajstić information content (AvgIpc) is 3.23. The molecule has 9 nitrogen and oxygen atoms in total. The molecular formula is C50H98NO8P. The van der Waals surface area contributed by atoms with Crippen LogP contribution in [0.5, 0.6) is 0 Å². The Morgan fingerprint density at radius 3 is 1.23 bits per heavy atom. The number of ether oxygens (including phenoxy) is 2. The Balaban J connectivity index is 4.08. The number of hydrogen-bond donors (Lipinski definition) is 2. The summed E-state index contributed by atoms with van der Waals surface area (Å²) in [5.41, 5.74) is 0. The molecule has 0 aliphatic rings. The van der Waals surface area contributed by atoms with Crippen molar-refractivity contribution < 1.29 is 37.6 Å². The summed E-state index contributed by atoms with van der Waals surface area (Å²) >= 11 is 0. The van der Waals surface area contributed by atoms with Gasteiger partial charge in [0.05, 0.1) is 13.2 Å². The molecule has 10 heteroatoms. The second kappa shape index (κ2) is 47.2. The first-order chi connectivity index (χ1) is 29.3. The number of carbonyl (C=O) groups is 2. The molecule has 2 N–H and O–H groups in total. The number of carbonyl (C=O) groups excluding carboxylic acids is 2. The zero-order valence-corrected chi connectivity index (χ0v) is 40.6. The van der Waals surface area contributed by atoms with E-state index in [0.717, 1.165) is 32.1 Å². The summed E-state index contributed by atoms with van der Waals surface area (Å²) in [5, 5.41) is 2.83. The molecule has 0 fully saturated rings. The zero-order valence-electron chi connectivity index (χ0n) is 39.7. The van der Waals surface area contributed by atoms with E-state index in [-0.39, 0.29) is 25.6 Å². The first-order valence-electron chi connectivity index (χ1n) is 25.6. The van der Waals surface area contributed by atoms with Gasteiger partial charge in [-0.05, 0) is 45.6 Å². The number of unbranched alkanes of at least 4 members (excludes halogenated alkanes) is 33. The molecule has 0 rings (SSSR count). The normalized spacial score (nSPS) is 13.2. The summed E-state index contributed by atoms with van der Waals surface area (Å²) in [6.45, 7) is 4.28. The van der Waals surface area contributed by atoms with Gasteiger partial charge < -0.3 is 19.7 Å². The predicted octanol–water partition coefficient (Wildman–Crippen LogP) is 15.2. The van der Waals surface area contributed by atoms with E-state index < -0.39 is 26.5 Å². The molecule has 2 unspecified atom stereocenters. The molecule has 0 spiro atoms. The van der Waals surface area contributed by atoms with Gasteiger partial charge in [-0.15, -0.1) is 0 Å². The van der Waals surface area contributed by atoms with Crippen LogP contribution in [-0.4, -0.2) is 56.3 Å². The van der Waals surface area contributed by atoms with Crippen molar-refractivity contribution in [1.29, 1.82) is 0 Å². The van der Waals surface area contributed by atoms with E-state index in [1.807, 2.05) is 0 Å². The monoisotopic (exact) mass is 872 g/mol. The molecule has 0 aliphatic heterocycles. The second-order valence-electron chi connectivity index (χ2n) is 17.4. The first kappa shape index (κ1) is 58.8. The molecule has 0 aromatic carbocycles. The summed E-state index contributed by atoms with van der Waals surface area (Å²) in [7, 11) is -2.64. The molecule has 0 bridgehead atoms. The maximum absolute atomic E-state index is 12.7. The maximum Gasteiger partial charge on any atom is 0.472 e. The van der Waals surface area contributed by atoms with Crippen LogP contribution in [0, 0.1) is 0 Å². The molecule has 0 aliphatic carbocycles. The van der Waals surface area contributed by atoms with Gasteiger partial charge >= 0.3 is 19.8 Å². The van der Waals surface area contributed by atoms with Crippen LogP contribution in [0.4, 0.5) is 0 Å². The highest BCUT2D eigenvalue weighted by atomic mass is 31.2. The Labute approximate surface area is 371 Å². The number of rotatable bonds is 49. The minimum Gasteiger partial charge on any atom is -0.462 e. The summed E-state index contributed by atoms with van der Waals surface area (Å²) in [5.74, 6) is -0.792. The molecule has 0 radical (unpaired) electrons. The lowest BCUT2D eigenvalue weighted by Crippen LogP contribution is -2.29. The number of nitrogens with one attached hydrogen (secondary N) is 1. The fourth-order valence-electron chi connectivity index (χ4n) is 7.49. The van der Waals surface area contributed by atoms with Crippen LogP contribution >= 0.6 is 7.82 Å². The summed E-state index contributed by atoms with van der Waals surface area (Å²) in [4.78, 5) is 35.2. The molecule has 0 aromatic heterocycles. The average molecular weight is 872 g/mol. The van der Waals surface area contributed by atoms with Crippen molar-refractivity contribution in [2.75, 3.05) is 33.4 Å². The SMILES string of the molecule is CCCCCCCC/C=C\CCCCCCCCCCCC(=O)OC(COC(=O)CCCCCCCCCCCCCCCCCCCCC)COP(=O)(O)OCCNC. The van der Waals surface area contributed by atoms with Gasteiger partial charge in [-0.3, -0.25) is 18.6 Å². The lowest BCUT2D eigenvalue weighted by Gasteiger charge is -2.20. The van der Waals surface area contributed by atoms with Crippen molar-refractivity contribution in [3.05, 3.63) is 12.2 Å². The quantitative estimate of drug-likeness (QED) is 0.0266. The van der Waals surface area contributed by atoms with Crippen LogP contribution in [0.15, 0.2) is 12.2 Å². The second-order valence-corrected chi connectivity index (χ2v) is 18.8. The first-order valence-corrected chi connectivity index (χ1v) is 27.1. The summed E-state index contributed by atoms with van der Waals surface area (Å²) in [6.07, 6.45) is 49.7. The number of phosphoric acid groups is 1. The van der Waals surface area contributed by atoms with Gasteiger partial charge in [-0.25, -0.2) is 4.57 Å². The topological polar surface area (TPSA) is 120 Å². The van der Waals surface area contributed by atoms with Crippen molar-refractivity contribution in [2.24, 2.45) is 0 Å². The molecule has 356 valence electrons. The van der Waals surface area contributed by atoms with Crippen LogP contribution in [0.1, 0.15) is 258 Å². The van der Waals surface area contributed by atoms with Crippen LogP contribution in [0.25, 0.3) is 0 Å². The Morgan fingerprint density at radius 1 is 0.500 bits per heavy atom. The van der Waals surface area contributed by atoms with Gasteiger partial charge in [0.2, 0.25) is 0 Å². The Morgan fingerprint density at radius 2 is 0.850 bits per heavy atom. The zero-order chi connectivity index (χ0) is 43.9. The number of likely N-dealkylation sites (N-methyl/N-ethyl adjacent to an activating group) is 1. The van der Waals surface area contributed by atoms with Gasteiger partial charge in [0, 0.05) is 19.4 Å². The van der Waals surface area contributed by atoms with E-state index in [9.17, 15) is 19.0 Å². The molecule has 2 atom stereocenters. The Hall–Kier alpha value is -1.25. The maximum atomic E-state index is 12.7. The number of phosphoric ester groups is 1. The number of allylic oxidation sites excluding steroid dienone is 2. The van der Waals surface area contributed by atoms with Crippen molar-refractivity contribution in [2.45, 2.75) is 264 Å². The van der Waals surface area contributed by atoms with Gasteiger partial charge in [-0.1, -0.05) is 219 Å². The van der Waals surface area contributed by atoms with E-state index in [2.05, 4.69) is 31.3 Å². The van der Waals surface area contributed by atoms with Gasteiger partial charge in [0.15, 0.2) is 6.10 Å². The molecule has 0 saturated heterocycles. The van der Waals surface area contributed by atoms with Crippen LogP contribution < -0.4 is 5.32 Å². The fourth-order valence-corrected chi connectivity index (χ4v) is 8.24. The lowest BCUT2D eigenvalue weighted by atomic mass is 10.0. The highest BCUT2D eigenvalue weighted by Crippen LogP contribution is 2.43. The van der Waals surface area contributed by atoms with Crippen LogP contribution in [0.2, 0.25) is 0 Å². The standard InChI is InChI=1S/C50H98NO8P/c1-4-6-8-10-12-14-16-18-20-22-24-26-28-30-32-34-36-38-40-42-49(52)56-46-48(47-58-60(54,55)57-45-44-51-3)59-50(53)43-41-39-37-35-33-31-29-27-25-23-21-19-17-15-13-11-9-7-5-2/h19,21,48,51H,4-18,20,22-47H2,1-3H3,(H,54,55)/b21-19-. The third kappa shape index (κ3) is 46.3. The van der Waals surface area contributed by atoms with Gasteiger partial charge in [-0.2, -0.15) is 0 Å². The number of esters is 2. The van der Waals surface area contributed by atoms with E-state index in [0.29, 0.717) is 19.4 Å². The van der Waals surface area contributed by atoms with Gasteiger partial charge in [0.1, 0.15) is 6.61 Å². The molecule has 0 amide bonds. The largest absolute Gasteiger partial charge is 0.472 e. The Bertz CT molecular complexity index is 995. The van der Waals surface area contributed by atoms with Crippen LogP contribution in [-0.2, 0) is 32.7 Å². The van der Waals surface area contributed by atoms with E-state index in [4.69, 9.17) is 18.5 Å². The van der Waals surface area contributed by atoms with E-state index in [1.165, 1.54) is 193 Å². The molecular weight excluding hydrogens is 774 g/mol. The lowest BCUT2D eigenvalue weighted by molar-refractivity contribution is -0.161. The van der Waals surface area contributed by atoms with Crippen molar-refractivity contribution in [3.8, 4) is 0 Å². The highest BCUT2D eigenvalue weighted by molar-refractivity contribution is 7.47. The van der Waals surface area contributed by atoms with E-state index in [1.54, 1.807) is 7.05 Å². The van der Waals surface area contributed by atoms with Crippen LogP contribution in [0.3, 0.4) is 0 Å². The Kier molecular flexibility index (Phi) is 46.3. The van der Waals surface area contributed by atoms with Gasteiger partial charge in [0.25, 0.3) is 0 Å². The smallest absolute Gasteiger partial charge is 0.462 e. The molecule has 0 saturated carbocycles. The van der Waals surface area contributed by atoms with Crippen molar-refractivity contribution >= 4 is 19.8 Å². The highest BCUT2D eigenvalue weighted by Gasteiger charge is 2.26. The number of hydrogen-bond acceptors (Lipinski definition) is 8. The minimum absolute atomic E-state index is 0.0137. The third-order valence-electron chi connectivity index (χ3n) is 11.4. The predicted molar refractivity (Wildman–Crippen MR) is 252 cm³/mol. The fraction of sp³-hybridized carbons (Fsp3) is 0.920.